The Morgan fingerprint density at radius 1 is 1.77 bits per heavy atom. The van der Waals surface area contributed by atoms with E-state index in [-0.39, 0.29) is 0 Å². The van der Waals surface area contributed by atoms with Gasteiger partial charge in [0, 0.05) is 18.0 Å². The van der Waals surface area contributed by atoms with Gasteiger partial charge in [-0.1, -0.05) is 0 Å². The van der Waals surface area contributed by atoms with Gasteiger partial charge in [0.1, 0.15) is 4.60 Å². The van der Waals surface area contributed by atoms with Crippen molar-refractivity contribution in [1.82, 2.24) is 4.98 Å². The summed E-state index contributed by atoms with van der Waals surface area (Å²) in [6.07, 6.45) is 2.61. The lowest BCUT2D eigenvalue weighted by Crippen LogP contribution is -2.30. The molecule has 0 aliphatic heterocycles. The molecular weight excluding hydrogens is 250 g/mol. The zero-order valence-corrected chi connectivity index (χ0v) is 9.57. The van der Waals surface area contributed by atoms with Gasteiger partial charge < -0.3 is 11.1 Å². The number of hydrogen-bond acceptors (Lipinski definition) is 4. The Labute approximate surface area is 89.9 Å². The molecule has 1 aromatic heterocycles. The lowest BCUT2D eigenvalue weighted by molar-refractivity contribution is 0.644. The van der Waals surface area contributed by atoms with Gasteiger partial charge in [-0.2, -0.15) is 0 Å². The molecule has 0 radical (unpaired) electrons. The first-order valence-electron chi connectivity index (χ1n) is 4.37. The molecule has 1 aliphatic rings. The van der Waals surface area contributed by atoms with Crippen molar-refractivity contribution in [2.24, 2.45) is 11.7 Å². The highest BCUT2D eigenvalue weighted by atomic mass is 79.9. The second-order valence-electron chi connectivity index (χ2n) is 3.30. The molecule has 1 unspecified atom stereocenters. The molecule has 2 rings (SSSR count). The minimum absolute atomic E-state index is 0.415. The van der Waals surface area contributed by atoms with Crippen LogP contribution in [-0.4, -0.2) is 17.6 Å². The Balaban J connectivity index is 1.95. The maximum absolute atomic E-state index is 5.67. The van der Waals surface area contributed by atoms with Gasteiger partial charge in [-0.05, 0) is 34.7 Å². The summed E-state index contributed by atoms with van der Waals surface area (Å²) in [6.45, 7) is 0.696. The standard InChI is InChI=1S/C8H12BrN3S/c9-7-4-13-8(12-7)11-6(3-10)5-1-2-5/h4-6H,1-3,10H2,(H,11,12). The van der Waals surface area contributed by atoms with Crippen molar-refractivity contribution in [3.8, 4) is 0 Å². The topological polar surface area (TPSA) is 50.9 Å². The third kappa shape index (κ3) is 2.42. The van der Waals surface area contributed by atoms with Crippen LogP contribution in [0, 0.1) is 5.92 Å². The predicted octanol–water partition coefficient (Wildman–Crippen LogP) is 2.05. The molecule has 1 fully saturated rings. The smallest absolute Gasteiger partial charge is 0.184 e. The van der Waals surface area contributed by atoms with Crippen molar-refractivity contribution >= 4 is 32.4 Å². The summed E-state index contributed by atoms with van der Waals surface area (Å²) in [5.41, 5.74) is 5.67. The van der Waals surface area contributed by atoms with E-state index in [4.69, 9.17) is 5.73 Å². The van der Waals surface area contributed by atoms with Gasteiger partial charge >= 0.3 is 0 Å². The molecule has 0 saturated heterocycles. The van der Waals surface area contributed by atoms with E-state index in [1.54, 1.807) is 11.3 Å². The summed E-state index contributed by atoms with van der Waals surface area (Å²) in [4.78, 5) is 4.28. The number of hydrogen-bond donors (Lipinski definition) is 2. The molecule has 0 bridgehead atoms. The highest BCUT2D eigenvalue weighted by molar-refractivity contribution is 9.10. The first kappa shape index (κ1) is 9.43. The fourth-order valence-electron chi connectivity index (χ4n) is 1.35. The minimum Gasteiger partial charge on any atom is -0.357 e. The number of halogens is 1. The van der Waals surface area contributed by atoms with Gasteiger partial charge in [-0.15, -0.1) is 11.3 Å². The maximum atomic E-state index is 5.67. The minimum atomic E-state index is 0.415. The number of thiazole rings is 1. The van der Waals surface area contributed by atoms with E-state index in [2.05, 4.69) is 26.2 Å². The van der Waals surface area contributed by atoms with Gasteiger partial charge in [0.2, 0.25) is 0 Å². The Morgan fingerprint density at radius 2 is 2.54 bits per heavy atom. The number of nitrogens with one attached hydrogen (secondary N) is 1. The van der Waals surface area contributed by atoms with Crippen LogP contribution in [0.4, 0.5) is 5.13 Å². The Kier molecular flexibility index (Phi) is 2.86. The molecule has 1 saturated carbocycles. The third-order valence-electron chi connectivity index (χ3n) is 2.23. The largest absolute Gasteiger partial charge is 0.357 e. The maximum Gasteiger partial charge on any atom is 0.184 e. The number of aromatic nitrogens is 1. The average Bonchev–Trinajstić information content (AvgIpc) is 2.87. The second kappa shape index (κ2) is 3.94. The lowest BCUT2D eigenvalue weighted by atomic mass is 10.2. The molecule has 3 nitrogen and oxygen atoms in total. The van der Waals surface area contributed by atoms with Crippen LogP contribution in [0.25, 0.3) is 0 Å². The van der Waals surface area contributed by atoms with E-state index >= 15 is 0 Å². The van der Waals surface area contributed by atoms with Crippen LogP contribution in [0.15, 0.2) is 9.98 Å². The number of nitrogens with zero attached hydrogens (tertiary/aromatic N) is 1. The SMILES string of the molecule is NCC(Nc1nc(Br)cs1)C1CC1. The molecule has 3 N–H and O–H groups in total. The van der Waals surface area contributed by atoms with Gasteiger partial charge in [0.05, 0.1) is 0 Å². The lowest BCUT2D eigenvalue weighted by Gasteiger charge is -2.14. The van der Waals surface area contributed by atoms with Gasteiger partial charge in [0.15, 0.2) is 5.13 Å². The first-order chi connectivity index (χ1) is 6.29. The van der Waals surface area contributed by atoms with Gasteiger partial charge in [-0.25, -0.2) is 4.98 Å². The number of nitrogens with two attached hydrogens (primary N) is 1. The Morgan fingerprint density at radius 3 is 3.00 bits per heavy atom. The Bertz CT molecular complexity index is 285. The van der Waals surface area contributed by atoms with Crippen molar-refractivity contribution in [3.63, 3.8) is 0 Å². The number of anilines is 1. The van der Waals surface area contributed by atoms with E-state index in [9.17, 15) is 0 Å². The van der Waals surface area contributed by atoms with Crippen LogP contribution in [0.3, 0.4) is 0 Å². The van der Waals surface area contributed by atoms with Crippen LogP contribution in [-0.2, 0) is 0 Å². The van der Waals surface area contributed by atoms with E-state index in [1.165, 1.54) is 12.8 Å². The van der Waals surface area contributed by atoms with Crippen molar-refractivity contribution in [2.45, 2.75) is 18.9 Å². The fourth-order valence-corrected chi connectivity index (χ4v) is 2.55. The molecule has 72 valence electrons. The van der Waals surface area contributed by atoms with E-state index in [0.717, 1.165) is 15.7 Å². The van der Waals surface area contributed by atoms with Crippen molar-refractivity contribution in [1.29, 1.82) is 0 Å². The fraction of sp³-hybridized carbons (Fsp3) is 0.625. The van der Waals surface area contributed by atoms with Crippen LogP contribution < -0.4 is 11.1 Å². The zero-order valence-electron chi connectivity index (χ0n) is 7.16. The van der Waals surface area contributed by atoms with E-state index in [1.807, 2.05) is 5.38 Å². The number of rotatable bonds is 4. The molecule has 1 atom stereocenters. The predicted molar refractivity (Wildman–Crippen MR) is 59.0 cm³/mol. The van der Waals surface area contributed by atoms with Crippen LogP contribution in [0.5, 0.6) is 0 Å². The average molecular weight is 262 g/mol. The molecule has 0 aromatic carbocycles. The zero-order chi connectivity index (χ0) is 9.26. The molecule has 13 heavy (non-hydrogen) atoms. The third-order valence-corrected chi connectivity index (χ3v) is 3.71. The summed E-state index contributed by atoms with van der Waals surface area (Å²) in [7, 11) is 0. The summed E-state index contributed by atoms with van der Waals surface area (Å²) in [6, 6.07) is 0.415. The summed E-state index contributed by atoms with van der Waals surface area (Å²) in [5.74, 6) is 0.771. The van der Waals surface area contributed by atoms with Gasteiger partial charge in [0.25, 0.3) is 0 Å². The van der Waals surface area contributed by atoms with Crippen LogP contribution in [0.1, 0.15) is 12.8 Å². The van der Waals surface area contributed by atoms with Crippen LogP contribution in [0.2, 0.25) is 0 Å². The summed E-state index contributed by atoms with van der Waals surface area (Å²) < 4.78 is 0.895. The van der Waals surface area contributed by atoms with Gasteiger partial charge in [-0.3, -0.25) is 0 Å². The van der Waals surface area contributed by atoms with Crippen molar-refractivity contribution in [2.75, 3.05) is 11.9 Å². The van der Waals surface area contributed by atoms with E-state index < -0.39 is 0 Å². The molecule has 0 amide bonds. The van der Waals surface area contributed by atoms with Crippen molar-refractivity contribution in [3.05, 3.63) is 9.98 Å². The quantitative estimate of drug-likeness (QED) is 0.873. The molecular formula is C8H12BrN3S. The molecule has 0 spiro atoms. The first-order valence-corrected chi connectivity index (χ1v) is 6.04. The summed E-state index contributed by atoms with van der Waals surface area (Å²) >= 11 is 4.94. The second-order valence-corrected chi connectivity index (χ2v) is 4.97. The molecule has 5 heteroatoms. The molecule has 1 aliphatic carbocycles. The van der Waals surface area contributed by atoms with E-state index in [0.29, 0.717) is 12.6 Å². The van der Waals surface area contributed by atoms with Crippen LogP contribution >= 0.6 is 27.3 Å². The normalized spacial score (nSPS) is 18.6. The van der Waals surface area contributed by atoms with Crippen molar-refractivity contribution < 1.29 is 0 Å². The Hall–Kier alpha value is -0.130. The highest BCUT2D eigenvalue weighted by Gasteiger charge is 2.30. The summed E-state index contributed by atoms with van der Waals surface area (Å²) in [5, 5.41) is 6.31. The highest BCUT2D eigenvalue weighted by Crippen LogP contribution is 2.34. The molecule has 1 aromatic rings. The monoisotopic (exact) mass is 261 g/mol. The molecule has 1 heterocycles.